The fourth-order valence-corrected chi connectivity index (χ4v) is 5.20. The lowest BCUT2D eigenvalue weighted by atomic mass is 10.2. The first-order valence-corrected chi connectivity index (χ1v) is 11.4. The number of nitrogens with zero attached hydrogens (tertiary/aromatic N) is 2. The van der Waals surface area contributed by atoms with E-state index in [4.69, 9.17) is 4.42 Å². The van der Waals surface area contributed by atoms with E-state index in [1.807, 2.05) is 28.5 Å². The normalized spacial score (nSPS) is 15.6. The molecule has 1 atom stereocenters. The quantitative estimate of drug-likeness (QED) is 0.566. The van der Waals surface area contributed by atoms with Crippen LogP contribution in [0, 0.1) is 0 Å². The number of hydrogen-bond donors (Lipinski definition) is 1. The van der Waals surface area contributed by atoms with E-state index >= 15 is 0 Å². The topological polar surface area (TPSA) is 48.7 Å². The lowest BCUT2D eigenvalue weighted by Crippen LogP contribution is -2.43. The van der Waals surface area contributed by atoms with E-state index in [1.54, 1.807) is 28.9 Å². The van der Waals surface area contributed by atoms with E-state index in [1.165, 1.54) is 17.7 Å². The third-order valence-corrected chi connectivity index (χ3v) is 6.88. The van der Waals surface area contributed by atoms with Gasteiger partial charge in [0.2, 0.25) is 0 Å². The van der Waals surface area contributed by atoms with Crippen molar-refractivity contribution < 1.29 is 9.21 Å². The number of carbonyl (C=O) groups excluding carboxylic acids is 1. The number of rotatable bonds is 8. The van der Waals surface area contributed by atoms with Crippen molar-refractivity contribution in [2.45, 2.75) is 32.0 Å². The molecule has 3 aromatic heterocycles. The monoisotopic (exact) mass is 415 g/mol. The van der Waals surface area contributed by atoms with Crippen LogP contribution in [0.4, 0.5) is 4.79 Å². The van der Waals surface area contributed by atoms with Crippen molar-refractivity contribution in [3.8, 4) is 0 Å². The Balaban J connectivity index is 1.43. The Morgan fingerprint density at radius 3 is 2.61 bits per heavy atom. The minimum absolute atomic E-state index is 0.0504. The predicted molar refractivity (Wildman–Crippen MR) is 114 cm³/mol. The highest BCUT2D eigenvalue weighted by atomic mass is 32.1. The molecule has 4 rings (SSSR count). The molecule has 148 valence electrons. The van der Waals surface area contributed by atoms with E-state index in [2.05, 4.69) is 33.8 Å². The highest BCUT2D eigenvalue weighted by Crippen LogP contribution is 2.28. The van der Waals surface area contributed by atoms with Crippen LogP contribution in [0.1, 0.15) is 34.4 Å². The molecule has 3 aromatic rings. The maximum Gasteiger partial charge on any atom is 0.318 e. The lowest BCUT2D eigenvalue weighted by Gasteiger charge is -2.28. The van der Waals surface area contributed by atoms with Crippen molar-refractivity contribution >= 4 is 28.7 Å². The summed E-state index contributed by atoms with van der Waals surface area (Å²) < 4.78 is 5.47. The van der Waals surface area contributed by atoms with Crippen molar-refractivity contribution in [1.82, 2.24) is 15.1 Å². The second-order valence-corrected chi connectivity index (χ2v) is 8.99. The average molecular weight is 416 g/mol. The van der Waals surface area contributed by atoms with Gasteiger partial charge >= 0.3 is 6.03 Å². The van der Waals surface area contributed by atoms with Crippen LogP contribution in [-0.4, -0.2) is 35.5 Å². The van der Waals surface area contributed by atoms with Crippen molar-refractivity contribution in [1.29, 1.82) is 0 Å². The summed E-state index contributed by atoms with van der Waals surface area (Å²) in [7, 11) is 0. The molecule has 2 amide bonds. The van der Waals surface area contributed by atoms with Gasteiger partial charge in [0, 0.05) is 16.3 Å². The van der Waals surface area contributed by atoms with Crippen molar-refractivity contribution in [2.24, 2.45) is 0 Å². The fourth-order valence-electron chi connectivity index (χ4n) is 3.62. The van der Waals surface area contributed by atoms with Gasteiger partial charge in [-0.15, -0.1) is 22.7 Å². The standard InChI is InChI=1S/C21H25N3O2S2/c25-21(22-14-19(20-8-5-13-28-20)23-9-1-2-10-23)24(15-17-6-3-11-26-17)16-18-7-4-12-27-18/h3-8,11-13,19H,1-2,9-10,14-16H2,(H,22,25). The molecule has 1 N–H and O–H groups in total. The van der Waals surface area contributed by atoms with Gasteiger partial charge in [0.1, 0.15) is 5.76 Å². The highest BCUT2D eigenvalue weighted by molar-refractivity contribution is 7.10. The van der Waals surface area contributed by atoms with Gasteiger partial charge in [-0.05, 0) is 61.0 Å². The number of hydrogen-bond acceptors (Lipinski definition) is 5. The van der Waals surface area contributed by atoms with Gasteiger partial charge in [0.05, 0.1) is 25.4 Å². The van der Waals surface area contributed by atoms with Gasteiger partial charge in [0.15, 0.2) is 0 Å². The van der Waals surface area contributed by atoms with Crippen molar-refractivity contribution in [3.05, 3.63) is 68.9 Å². The van der Waals surface area contributed by atoms with Crippen molar-refractivity contribution in [3.63, 3.8) is 0 Å². The van der Waals surface area contributed by atoms with E-state index < -0.39 is 0 Å². The second-order valence-electron chi connectivity index (χ2n) is 6.98. The van der Waals surface area contributed by atoms with Gasteiger partial charge in [-0.2, -0.15) is 0 Å². The molecule has 5 nitrogen and oxygen atoms in total. The largest absolute Gasteiger partial charge is 0.467 e. The first kappa shape index (κ1) is 19.2. The molecule has 1 aliphatic rings. The zero-order chi connectivity index (χ0) is 19.2. The minimum Gasteiger partial charge on any atom is -0.467 e. The van der Waals surface area contributed by atoms with Gasteiger partial charge in [-0.3, -0.25) is 4.90 Å². The summed E-state index contributed by atoms with van der Waals surface area (Å²) in [6, 6.07) is 12.3. The summed E-state index contributed by atoms with van der Waals surface area (Å²) in [5.41, 5.74) is 0. The zero-order valence-corrected chi connectivity index (χ0v) is 17.4. The smallest absolute Gasteiger partial charge is 0.318 e. The average Bonchev–Trinajstić information content (AvgIpc) is 3.50. The maximum atomic E-state index is 13.0. The Morgan fingerprint density at radius 1 is 1.11 bits per heavy atom. The molecule has 1 saturated heterocycles. The Morgan fingerprint density at radius 2 is 1.93 bits per heavy atom. The summed E-state index contributed by atoms with van der Waals surface area (Å²) in [4.78, 5) is 19.8. The molecule has 0 aliphatic carbocycles. The number of urea groups is 1. The number of nitrogens with one attached hydrogen (secondary N) is 1. The molecule has 0 aromatic carbocycles. The third kappa shape index (κ3) is 4.84. The van der Waals surface area contributed by atoms with Crippen LogP contribution < -0.4 is 5.32 Å². The summed E-state index contributed by atoms with van der Waals surface area (Å²) in [6.07, 6.45) is 4.12. The number of amides is 2. The van der Waals surface area contributed by atoms with Crippen LogP contribution >= 0.6 is 22.7 Å². The van der Waals surface area contributed by atoms with Gasteiger partial charge in [-0.1, -0.05) is 12.1 Å². The van der Waals surface area contributed by atoms with Crippen LogP contribution in [0.2, 0.25) is 0 Å². The molecule has 0 bridgehead atoms. The van der Waals surface area contributed by atoms with E-state index in [0.29, 0.717) is 19.6 Å². The highest BCUT2D eigenvalue weighted by Gasteiger charge is 2.26. The van der Waals surface area contributed by atoms with Crippen LogP contribution in [0.3, 0.4) is 0 Å². The molecule has 1 unspecified atom stereocenters. The molecule has 0 spiro atoms. The molecule has 0 saturated carbocycles. The van der Waals surface area contributed by atoms with Crippen LogP contribution in [0.25, 0.3) is 0 Å². The lowest BCUT2D eigenvalue weighted by molar-refractivity contribution is 0.180. The SMILES string of the molecule is O=C(NCC(c1cccs1)N1CCCC1)N(Cc1ccco1)Cc1cccs1. The zero-order valence-electron chi connectivity index (χ0n) is 15.8. The molecule has 7 heteroatoms. The van der Waals surface area contributed by atoms with Gasteiger partial charge in [-0.25, -0.2) is 4.79 Å². The molecule has 0 radical (unpaired) electrons. The summed E-state index contributed by atoms with van der Waals surface area (Å²) in [5, 5.41) is 7.34. The first-order chi connectivity index (χ1) is 13.8. The van der Waals surface area contributed by atoms with Crippen LogP contribution in [0.5, 0.6) is 0 Å². The second kappa shape index (κ2) is 9.41. The van der Waals surface area contributed by atoms with Crippen molar-refractivity contribution in [2.75, 3.05) is 19.6 Å². The predicted octanol–water partition coefficient (Wildman–Crippen LogP) is 4.95. The Hall–Kier alpha value is -2.09. The van der Waals surface area contributed by atoms with E-state index in [-0.39, 0.29) is 12.1 Å². The summed E-state index contributed by atoms with van der Waals surface area (Å²) >= 11 is 3.43. The maximum absolute atomic E-state index is 13.0. The van der Waals surface area contributed by atoms with Crippen LogP contribution in [0.15, 0.2) is 57.8 Å². The molecule has 1 fully saturated rings. The molecule has 4 heterocycles. The number of carbonyl (C=O) groups is 1. The van der Waals surface area contributed by atoms with Gasteiger partial charge < -0.3 is 14.6 Å². The molecule has 28 heavy (non-hydrogen) atoms. The summed E-state index contributed by atoms with van der Waals surface area (Å²) in [6.45, 7) is 3.87. The number of furan rings is 1. The molecule has 1 aliphatic heterocycles. The Bertz CT molecular complexity index is 789. The van der Waals surface area contributed by atoms with E-state index in [9.17, 15) is 4.79 Å². The molecular weight excluding hydrogens is 390 g/mol. The Kier molecular flexibility index (Phi) is 6.46. The minimum atomic E-state index is -0.0504. The summed E-state index contributed by atoms with van der Waals surface area (Å²) in [5.74, 6) is 0.793. The first-order valence-electron chi connectivity index (χ1n) is 9.64. The van der Waals surface area contributed by atoms with Crippen LogP contribution in [-0.2, 0) is 13.1 Å². The third-order valence-electron chi connectivity index (χ3n) is 5.04. The van der Waals surface area contributed by atoms with Gasteiger partial charge in [0.25, 0.3) is 0 Å². The fraction of sp³-hybridized carbons (Fsp3) is 0.381. The van der Waals surface area contributed by atoms with E-state index in [0.717, 1.165) is 23.7 Å². The number of thiophene rings is 2. The number of likely N-dealkylation sites (tertiary alicyclic amines) is 1. The Labute approximate surface area is 173 Å². The molecular formula is C21H25N3O2S2.